The van der Waals surface area contributed by atoms with Gasteiger partial charge in [-0.25, -0.2) is 0 Å². The first-order valence-electron chi connectivity index (χ1n) is 6.93. The second kappa shape index (κ2) is 5.51. The Bertz CT molecular complexity index is 401. The van der Waals surface area contributed by atoms with Crippen molar-refractivity contribution in [3.05, 3.63) is 12.0 Å². The Morgan fingerprint density at radius 3 is 2.53 bits per heavy atom. The van der Waals surface area contributed by atoms with Gasteiger partial charge < -0.3 is 19.4 Å². The van der Waals surface area contributed by atoms with Gasteiger partial charge in [-0.2, -0.15) is 4.98 Å². The zero-order valence-electron chi connectivity index (χ0n) is 12.6. The second-order valence-electron chi connectivity index (χ2n) is 6.39. The monoisotopic (exact) mass is 267 g/mol. The molecule has 0 radical (unpaired) electrons. The number of hydrogen-bond donors (Lipinski definition) is 1. The molecule has 1 aromatic heterocycles. The van der Waals surface area contributed by atoms with Gasteiger partial charge in [-0.15, -0.1) is 0 Å². The van der Waals surface area contributed by atoms with Crippen LogP contribution in [-0.2, 0) is 11.3 Å². The molecule has 0 aliphatic carbocycles. The Labute approximate surface area is 115 Å². The lowest BCUT2D eigenvalue weighted by atomic mass is 10.1. The van der Waals surface area contributed by atoms with E-state index in [-0.39, 0.29) is 17.7 Å². The highest BCUT2D eigenvalue weighted by Crippen LogP contribution is 2.19. The topological polar surface area (TPSA) is 50.5 Å². The molecule has 1 saturated heterocycles. The molecule has 108 valence electrons. The molecule has 2 unspecified atom stereocenters. The molecule has 19 heavy (non-hydrogen) atoms. The molecule has 1 aromatic rings. The van der Waals surface area contributed by atoms with Gasteiger partial charge in [-0.1, -0.05) is 0 Å². The van der Waals surface area contributed by atoms with Gasteiger partial charge >= 0.3 is 0 Å². The number of nitrogens with zero attached hydrogens (tertiary/aromatic N) is 2. The smallest absolute Gasteiger partial charge is 0.297 e. The van der Waals surface area contributed by atoms with Gasteiger partial charge in [-0.3, -0.25) is 0 Å². The molecular formula is C14H25N3O2. The van der Waals surface area contributed by atoms with E-state index in [9.17, 15) is 0 Å². The van der Waals surface area contributed by atoms with Crippen molar-refractivity contribution in [3.63, 3.8) is 0 Å². The average molecular weight is 267 g/mol. The van der Waals surface area contributed by atoms with Crippen LogP contribution >= 0.6 is 0 Å². The highest BCUT2D eigenvalue weighted by Gasteiger charge is 2.25. The molecule has 2 heterocycles. The summed E-state index contributed by atoms with van der Waals surface area (Å²) in [5.74, 6) is 0. The molecule has 1 aliphatic rings. The van der Waals surface area contributed by atoms with E-state index in [1.165, 1.54) is 0 Å². The summed E-state index contributed by atoms with van der Waals surface area (Å²) in [6, 6.07) is 0.702. The van der Waals surface area contributed by atoms with Crippen LogP contribution in [-0.4, -0.2) is 35.8 Å². The van der Waals surface area contributed by atoms with Crippen LogP contribution in [0.5, 0.6) is 0 Å². The number of oxazole rings is 1. The largest absolute Gasteiger partial charge is 0.432 e. The molecule has 0 bridgehead atoms. The third-order valence-electron chi connectivity index (χ3n) is 3.03. The van der Waals surface area contributed by atoms with Crippen molar-refractivity contribution in [2.24, 2.45) is 0 Å². The van der Waals surface area contributed by atoms with Crippen LogP contribution in [0.15, 0.2) is 10.7 Å². The quantitative estimate of drug-likeness (QED) is 0.909. The predicted molar refractivity (Wildman–Crippen MR) is 75.3 cm³/mol. The summed E-state index contributed by atoms with van der Waals surface area (Å²) in [5.41, 5.74) is 1.03. The SMILES string of the molecule is CC1CN(c2nc(CNC(C)(C)C)co2)CC(C)O1. The summed E-state index contributed by atoms with van der Waals surface area (Å²) in [6.07, 6.45) is 2.16. The molecule has 5 heteroatoms. The lowest BCUT2D eigenvalue weighted by Gasteiger charge is -2.34. The zero-order chi connectivity index (χ0) is 14.0. The van der Waals surface area contributed by atoms with Gasteiger partial charge in [0.15, 0.2) is 0 Å². The summed E-state index contributed by atoms with van der Waals surface area (Å²) in [7, 11) is 0. The fourth-order valence-electron chi connectivity index (χ4n) is 2.21. The Morgan fingerprint density at radius 1 is 1.32 bits per heavy atom. The molecule has 1 aliphatic heterocycles. The molecule has 2 atom stereocenters. The first-order valence-corrected chi connectivity index (χ1v) is 6.93. The maximum atomic E-state index is 5.71. The number of morpholine rings is 1. The molecule has 1 N–H and O–H groups in total. The number of ether oxygens (including phenoxy) is 1. The van der Waals surface area contributed by atoms with Crippen molar-refractivity contribution in [2.75, 3.05) is 18.0 Å². The number of aromatic nitrogens is 1. The van der Waals surface area contributed by atoms with Gasteiger partial charge in [0.05, 0.1) is 17.9 Å². The third-order valence-corrected chi connectivity index (χ3v) is 3.03. The molecule has 0 amide bonds. The van der Waals surface area contributed by atoms with E-state index >= 15 is 0 Å². The van der Waals surface area contributed by atoms with Crippen molar-refractivity contribution >= 4 is 6.01 Å². The van der Waals surface area contributed by atoms with Gasteiger partial charge in [0.2, 0.25) is 0 Å². The Morgan fingerprint density at radius 2 is 1.95 bits per heavy atom. The minimum Gasteiger partial charge on any atom is -0.432 e. The zero-order valence-corrected chi connectivity index (χ0v) is 12.6. The summed E-state index contributed by atoms with van der Waals surface area (Å²) >= 11 is 0. The van der Waals surface area contributed by atoms with Crippen LogP contribution < -0.4 is 10.2 Å². The summed E-state index contributed by atoms with van der Waals surface area (Å²) in [4.78, 5) is 6.70. The summed E-state index contributed by atoms with van der Waals surface area (Å²) in [5, 5.41) is 3.41. The van der Waals surface area contributed by atoms with E-state index < -0.39 is 0 Å². The molecule has 0 aromatic carbocycles. The van der Waals surface area contributed by atoms with Crippen LogP contribution in [0.25, 0.3) is 0 Å². The summed E-state index contributed by atoms with van der Waals surface area (Å²) in [6.45, 7) is 13.0. The maximum Gasteiger partial charge on any atom is 0.297 e. The lowest BCUT2D eigenvalue weighted by Crippen LogP contribution is -2.45. The minimum atomic E-state index is 0.0844. The van der Waals surface area contributed by atoms with E-state index in [0.29, 0.717) is 6.01 Å². The van der Waals surface area contributed by atoms with Gasteiger partial charge in [0.25, 0.3) is 6.01 Å². The summed E-state index contributed by atoms with van der Waals surface area (Å²) < 4.78 is 11.3. The normalized spacial score (nSPS) is 24.8. The Balaban J connectivity index is 1.96. The van der Waals surface area contributed by atoms with Crippen LogP contribution in [0, 0.1) is 0 Å². The predicted octanol–water partition coefficient (Wildman–Crippen LogP) is 2.18. The molecule has 2 rings (SSSR count). The maximum absolute atomic E-state index is 5.71. The lowest BCUT2D eigenvalue weighted by molar-refractivity contribution is -0.00670. The number of rotatable bonds is 3. The van der Waals surface area contributed by atoms with E-state index in [2.05, 4.69) is 49.8 Å². The van der Waals surface area contributed by atoms with E-state index in [1.54, 1.807) is 6.26 Å². The highest BCUT2D eigenvalue weighted by molar-refractivity contribution is 5.28. The van der Waals surface area contributed by atoms with Gasteiger partial charge in [0, 0.05) is 25.2 Å². The first-order chi connectivity index (χ1) is 8.83. The number of hydrogen-bond acceptors (Lipinski definition) is 5. The van der Waals surface area contributed by atoms with Crippen LogP contribution in [0.3, 0.4) is 0 Å². The van der Waals surface area contributed by atoms with Crippen molar-refractivity contribution in [1.29, 1.82) is 0 Å². The standard InChI is InChI=1S/C14H25N3O2/c1-10-7-17(8-11(2)19-10)13-16-12(9-18-13)6-15-14(3,4)5/h9-11,15H,6-8H2,1-5H3. The molecule has 0 spiro atoms. The van der Waals surface area contributed by atoms with Crippen LogP contribution in [0.1, 0.15) is 40.3 Å². The fraction of sp³-hybridized carbons (Fsp3) is 0.786. The minimum absolute atomic E-state index is 0.0844. The van der Waals surface area contributed by atoms with Crippen LogP contribution in [0.4, 0.5) is 6.01 Å². The number of nitrogens with one attached hydrogen (secondary N) is 1. The third kappa shape index (κ3) is 4.21. The molecule has 1 fully saturated rings. The fourth-order valence-corrected chi connectivity index (χ4v) is 2.21. The van der Waals surface area contributed by atoms with Crippen molar-refractivity contribution < 1.29 is 9.15 Å². The van der Waals surface area contributed by atoms with E-state index in [4.69, 9.17) is 9.15 Å². The van der Waals surface area contributed by atoms with Crippen molar-refractivity contribution in [2.45, 2.75) is 58.9 Å². The van der Waals surface area contributed by atoms with E-state index in [0.717, 1.165) is 25.3 Å². The Hall–Kier alpha value is -1.07. The van der Waals surface area contributed by atoms with Gasteiger partial charge in [0.1, 0.15) is 6.26 Å². The molecule has 0 saturated carbocycles. The van der Waals surface area contributed by atoms with Crippen molar-refractivity contribution in [3.8, 4) is 0 Å². The van der Waals surface area contributed by atoms with E-state index in [1.807, 2.05) is 0 Å². The first kappa shape index (κ1) is 14.3. The van der Waals surface area contributed by atoms with Crippen LogP contribution in [0.2, 0.25) is 0 Å². The average Bonchev–Trinajstić information content (AvgIpc) is 2.72. The van der Waals surface area contributed by atoms with Crippen molar-refractivity contribution in [1.82, 2.24) is 10.3 Å². The Kier molecular flexibility index (Phi) is 4.16. The van der Waals surface area contributed by atoms with Gasteiger partial charge in [-0.05, 0) is 34.6 Å². The number of anilines is 1. The molecular weight excluding hydrogens is 242 g/mol. The highest BCUT2D eigenvalue weighted by atomic mass is 16.5. The second-order valence-corrected chi connectivity index (χ2v) is 6.39. The molecule has 5 nitrogen and oxygen atoms in total.